The van der Waals surface area contributed by atoms with Gasteiger partial charge in [0.15, 0.2) is 16.9 Å². The van der Waals surface area contributed by atoms with Gasteiger partial charge in [-0.1, -0.05) is 20.8 Å². The Balaban J connectivity index is 2.24. The maximum atomic E-state index is 12.8. The lowest BCUT2D eigenvalue weighted by atomic mass is 9.78. The number of carbonyl (C=O) groups is 1. The van der Waals surface area contributed by atoms with Crippen molar-refractivity contribution in [3.63, 3.8) is 0 Å². The van der Waals surface area contributed by atoms with Crippen molar-refractivity contribution in [2.45, 2.75) is 53.0 Å². The molecular weight excluding hydrogens is 420 g/mol. The van der Waals surface area contributed by atoms with E-state index in [0.29, 0.717) is 29.2 Å². The van der Waals surface area contributed by atoms with Gasteiger partial charge in [0, 0.05) is 30.3 Å². The highest BCUT2D eigenvalue weighted by Crippen LogP contribution is 2.46. The van der Waals surface area contributed by atoms with Gasteiger partial charge in [0.25, 0.3) is 0 Å². The normalized spacial score (nSPS) is 15.2. The van der Waals surface area contributed by atoms with Gasteiger partial charge in [0.05, 0.1) is 26.0 Å². The average molecular weight is 449 g/mol. The monoisotopic (exact) mass is 449 g/mol. The Kier molecular flexibility index (Phi) is 6.91. The van der Waals surface area contributed by atoms with Gasteiger partial charge in [-0.2, -0.15) is 0 Å². The number of carbonyl (C=O) groups excluding carboxylic acids is 1. The van der Waals surface area contributed by atoms with E-state index in [1.165, 1.54) is 13.2 Å². The number of fused-ring (bicyclic) bond motifs is 3. The van der Waals surface area contributed by atoms with E-state index in [1.54, 1.807) is 25.3 Å². The molecule has 0 N–H and O–H groups in total. The van der Waals surface area contributed by atoms with Crippen LogP contribution in [0.25, 0.3) is 11.3 Å². The van der Waals surface area contributed by atoms with Crippen LogP contribution in [-0.2, 0) is 11.2 Å². The topological polar surface area (TPSA) is 66.8 Å². The summed E-state index contributed by atoms with van der Waals surface area (Å²) in [7, 11) is 1.45. The molecule has 2 aromatic rings. The number of benzene rings is 1. The smallest absolute Gasteiger partial charge is 0.344 e. The summed E-state index contributed by atoms with van der Waals surface area (Å²) >= 11 is 0. The average Bonchev–Trinajstić information content (AvgIpc) is 2.71. The number of halogens is 2. The van der Waals surface area contributed by atoms with E-state index in [1.807, 2.05) is 4.57 Å². The molecule has 0 bridgehead atoms. The number of alkyl halides is 2. The van der Waals surface area contributed by atoms with Crippen molar-refractivity contribution in [2.75, 3.05) is 20.3 Å². The molecule has 1 aliphatic rings. The largest absolute Gasteiger partial charge is 0.493 e. The van der Waals surface area contributed by atoms with Crippen molar-refractivity contribution >= 4 is 5.97 Å². The van der Waals surface area contributed by atoms with Gasteiger partial charge >= 0.3 is 5.97 Å². The second-order valence-corrected chi connectivity index (χ2v) is 8.81. The van der Waals surface area contributed by atoms with E-state index in [4.69, 9.17) is 14.2 Å². The Labute approximate surface area is 186 Å². The summed E-state index contributed by atoms with van der Waals surface area (Å²) in [5.41, 5.74) is 1.31. The van der Waals surface area contributed by atoms with Crippen LogP contribution in [0.4, 0.5) is 8.78 Å². The number of hydrogen-bond donors (Lipinski definition) is 0. The van der Waals surface area contributed by atoms with Gasteiger partial charge < -0.3 is 18.8 Å². The first-order chi connectivity index (χ1) is 15.1. The summed E-state index contributed by atoms with van der Waals surface area (Å²) in [6, 6.07) is 4.77. The number of pyridine rings is 1. The van der Waals surface area contributed by atoms with Crippen LogP contribution in [0.15, 0.2) is 29.2 Å². The lowest BCUT2D eigenvalue weighted by molar-refractivity contribution is 0.0524. The molecule has 1 atom stereocenters. The number of aromatic nitrogens is 1. The van der Waals surface area contributed by atoms with Gasteiger partial charge in [-0.05, 0) is 36.5 Å². The second kappa shape index (κ2) is 9.30. The summed E-state index contributed by atoms with van der Waals surface area (Å²) in [6.45, 7) is 7.92. The van der Waals surface area contributed by atoms with E-state index >= 15 is 0 Å². The number of ether oxygens (including phenoxy) is 3. The van der Waals surface area contributed by atoms with Gasteiger partial charge in [0.2, 0.25) is 6.43 Å². The number of rotatable bonds is 7. The first-order valence-corrected chi connectivity index (χ1v) is 10.6. The maximum absolute atomic E-state index is 12.8. The molecule has 0 radical (unpaired) electrons. The molecule has 1 aromatic carbocycles. The minimum atomic E-state index is -2.46. The lowest BCUT2D eigenvalue weighted by Crippen LogP contribution is -2.34. The van der Waals surface area contributed by atoms with Crippen LogP contribution in [0.2, 0.25) is 0 Å². The molecule has 1 aromatic heterocycles. The minimum absolute atomic E-state index is 0.0297. The molecule has 1 unspecified atom stereocenters. The van der Waals surface area contributed by atoms with Crippen molar-refractivity contribution in [1.29, 1.82) is 0 Å². The van der Waals surface area contributed by atoms with Crippen LogP contribution in [0.5, 0.6) is 11.5 Å². The SMILES string of the molecule is CCOC(=O)c1c2n(ccc1=O)C(C(C)(C)C)Cc1cc(OCCC(F)F)c(OC)cc1-2. The molecule has 3 rings (SSSR count). The van der Waals surface area contributed by atoms with E-state index in [-0.39, 0.29) is 30.2 Å². The van der Waals surface area contributed by atoms with Crippen molar-refractivity contribution < 1.29 is 27.8 Å². The number of esters is 1. The zero-order chi connectivity index (χ0) is 23.6. The Bertz CT molecular complexity index is 1060. The highest BCUT2D eigenvalue weighted by Gasteiger charge is 2.36. The highest BCUT2D eigenvalue weighted by atomic mass is 19.3. The molecule has 0 fully saturated rings. The summed E-state index contributed by atoms with van der Waals surface area (Å²) in [6.07, 6.45) is -0.545. The quantitative estimate of drug-likeness (QED) is 0.564. The first-order valence-electron chi connectivity index (χ1n) is 10.6. The lowest BCUT2D eigenvalue weighted by Gasteiger charge is -2.39. The van der Waals surface area contributed by atoms with E-state index in [9.17, 15) is 18.4 Å². The van der Waals surface area contributed by atoms with Crippen LogP contribution in [-0.4, -0.2) is 37.3 Å². The van der Waals surface area contributed by atoms with E-state index in [2.05, 4.69) is 20.8 Å². The molecule has 174 valence electrons. The molecule has 32 heavy (non-hydrogen) atoms. The Hall–Kier alpha value is -2.90. The maximum Gasteiger partial charge on any atom is 0.344 e. The van der Waals surface area contributed by atoms with E-state index < -0.39 is 24.2 Å². The fraction of sp³-hybridized carbons (Fsp3) is 0.500. The molecule has 0 aliphatic carbocycles. The molecule has 8 heteroatoms. The Morgan fingerprint density at radius 3 is 2.56 bits per heavy atom. The zero-order valence-electron chi connectivity index (χ0n) is 19.0. The van der Waals surface area contributed by atoms with Crippen LogP contribution in [0.1, 0.15) is 56.1 Å². The van der Waals surface area contributed by atoms with Crippen molar-refractivity contribution in [3.8, 4) is 22.8 Å². The second-order valence-electron chi connectivity index (χ2n) is 8.81. The van der Waals surface area contributed by atoms with Gasteiger partial charge in [-0.15, -0.1) is 0 Å². The Morgan fingerprint density at radius 1 is 1.25 bits per heavy atom. The van der Waals surface area contributed by atoms with Crippen molar-refractivity contribution in [1.82, 2.24) is 4.57 Å². The molecule has 0 amide bonds. The zero-order valence-corrected chi connectivity index (χ0v) is 19.0. The van der Waals surface area contributed by atoms with Gasteiger partial charge in [0.1, 0.15) is 5.56 Å². The highest BCUT2D eigenvalue weighted by molar-refractivity contribution is 5.97. The van der Waals surface area contributed by atoms with Crippen LogP contribution < -0.4 is 14.9 Å². The summed E-state index contributed by atoms with van der Waals surface area (Å²) in [5, 5.41) is 0. The molecule has 1 aliphatic heterocycles. The van der Waals surface area contributed by atoms with Crippen LogP contribution >= 0.6 is 0 Å². The molecular formula is C24H29F2NO5. The molecule has 6 nitrogen and oxygen atoms in total. The fourth-order valence-electron chi connectivity index (χ4n) is 4.04. The third-order valence-electron chi connectivity index (χ3n) is 5.59. The fourth-order valence-corrected chi connectivity index (χ4v) is 4.04. The molecule has 2 heterocycles. The summed E-state index contributed by atoms with van der Waals surface area (Å²) in [4.78, 5) is 25.5. The molecule has 0 spiro atoms. The number of nitrogens with zero attached hydrogens (tertiary/aromatic N) is 1. The first kappa shape index (κ1) is 23.8. The molecule has 0 saturated heterocycles. The van der Waals surface area contributed by atoms with Gasteiger partial charge in [-0.3, -0.25) is 4.79 Å². The van der Waals surface area contributed by atoms with Crippen LogP contribution in [0, 0.1) is 5.41 Å². The molecule has 0 saturated carbocycles. The predicted molar refractivity (Wildman–Crippen MR) is 117 cm³/mol. The third kappa shape index (κ3) is 4.64. The standard InChI is InChI=1S/C24H29F2NO5/c1-6-31-23(29)21-16(28)7-9-27-19(24(2,3)4)12-14-11-18(32-10-8-20(25)26)17(30-5)13-15(14)22(21)27/h7,9,11,13,19-20H,6,8,10,12H2,1-5H3. The van der Waals surface area contributed by atoms with Crippen LogP contribution in [0.3, 0.4) is 0 Å². The number of methoxy groups -OCH3 is 1. The minimum Gasteiger partial charge on any atom is -0.493 e. The van der Waals surface area contributed by atoms with Gasteiger partial charge in [-0.25, -0.2) is 13.6 Å². The summed E-state index contributed by atoms with van der Waals surface area (Å²) < 4.78 is 43.3. The number of hydrogen-bond acceptors (Lipinski definition) is 5. The Morgan fingerprint density at radius 2 is 1.97 bits per heavy atom. The van der Waals surface area contributed by atoms with Crippen molar-refractivity contribution in [3.05, 3.63) is 45.7 Å². The summed E-state index contributed by atoms with van der Waals surface area (Å²) in [5.74, 6) is 0.00689. The third-order valence-corrected chi connectivity index (χ3v) is 5.59. The predicted octanol–water partition coefficient (Wildman–Crippen LogP) is 4.88. The van der Waals surface area contributed by atoms with E-state index in [0.717, 1.165) is 5.56 Å². The van der Waals surface area contributed by atoms with Crippen molar-refractivity contribution in [2.24, 2.45) is 5.41 Å².